The van der Waals surface area contributed by atoms with Gasteiger partial charge in [0.1, 0.15) is 5.75 Å². The molecule has 12 heteroatoms. The molecule has 3 N–H and O–H groups in total. The number of phenolic OH excluding ortho intramolecular Hbond substituents is 1. The lowest BCUT2D eigenvalue weighted by Gasteiger charge is -2.11. The molecule has 3 aromatic carbocycles. The molecule has 0 fully saturated rings. The summed E-state index contributed by atoms with van der Waals surface area (Å²) in [5.74, 6) is 1.54. The molecule has 0 radical (unpaired) electrons. The van der Waals surface area contributed by atoms with Crippen LogP contribution >= 0.6 is 0 Å². The average molecular weight is 559 g/mol. The zero-order valence-corrected chi connectivity index (χ0v) is 21.9. The third kappa shape index (κ3) is 5.49. The van der Waals surface area contributed by atoms with Gasteiger partial charge in [-0.15, -0.1) is 0 Å². The van der Waals surface area contributed by atoms with Crippen molar-refractivity contribution < 1.29 is 18.3 Å². The van der Waals surface area contributed by atoms with Gasteiger partial charge in [0, 0.05) is 13.6 Å². The van der Waals surface area contributed by atoms with E-state index in [1.54, 1.807) is 23.0 Å². The van der Waals surface area contributed by atoms with E-state index in [0.717, 1.165) is 28.7 Å². The van der Waals surface area contributed by atoms with Crippen molar-refractivity contribution in [2.45, 2.75) is 19.1 Å². The van der Waals surface area contributed by atoms with E-state index in [0.29, 0.717) is 41.5 Å². The van der Waals surface area contributed by atoms with E-state index >= 15 is 0 Å². The third-order valence-electron chi connectivity index (χ3n) is 6.75. The van der Waals surface area contributed by atoms with E-state index in [9.17, 15) is 18.3 Å². The number of aromatic nitrogens is 6. The van der Waals surface area contributed by atoms with Crippen LogP contribution in [0.3, 0.4) is 0 Å². The van der Waals surface area contributed by atoms with Crippen molar-refractivity contribution >= 4 is 39.9 Å². The van der Waals surface area contributed by atoms with Gasteiger partial charge in [-0.05, 0) is 53.9 Å². The highest BCUT2D eigenvalue weighted by Gasteiger charge is 2.30. The molecular formula is C29H25F3N8O. The Hall–Kier alpha value is -5.13. The SMILES string of the molecule is Cn1c(Nc2nc(NCCc3ccc(O)cc3)c3ncn(Cc4ccc(C(F)(F)F)cc4)c3n2)nc2ccccc21. The molecule has 208 valence electrons. The Morgan fingerprint density at radius 1 is 0.878 bits per heavy atom. The van der Waals surface area contributed by atoms with Gasteiger partial charge >= 0.3 is 6.18 Å². The monoisotopic (exact) mass is 558 g/mol. The molecule has 0 atom stereocenters. The molecule has 0 unspecified atom stereocenters. The van der Waals surface area contributed by atoms with Crippen molar-refractivity contribution in [3.63, 3.8) is 0 Å². The van der Waals surface area contributed by atoms with Crippen LogP contribution in [-0.4, -0.2) is 40.7 Å². The molecule has 3 heterocycles. The number of aromatic hydroxyl groups is 1. The van der Waals surface area contributed by atoms with Gasteiger partial charge in [0.2, 0.25) is 11.9 Å². The average Bonchev–Trinajstić information content (AvgIpc) is 3.50. The van der Waals surface area contributed by atoms with Crippen LogP contribution in [0.4, 0.5) is 30.9 Å². The lowest BCUT2D eigenvalue weighted by atomic mass is 10.1. The second-order valence-corrected chi connectivity index (χ2v) is 9.59. The number of para-hydroxylation sites is 2. The summed E-state index contributed by atoms with van der Waals surface area (Å²) in [6.07, 6.45) is -2.13. The molecule has 0 amide bonds. The summed E-state index contributed by atoms with van der Waals surface area (Å²) in [5.41, 5.74) is 3.79. The highest BCUT2D eigenvalue weighted by atomic mass is 19.4. The van der Waals surface area contributed by atoms with Crippen LogP contribution in [0.5, 0.6) is 5.75 Å². The Kier molecular flexibility index (Phi) is 6.66. The van der Waals surface area contributed by atoms with Crippen molar-refractivity contribution in [2.75, 3.05) is 17.2 Å². The fourth-order valence-electron chi connectivity index (χ4n) is 4.58. The first kappa shape index (κ1) is 26.1. The third-order valence-corrected chi connectivity index (χ3v) is 6.75. The molecule has 0 bridgehead atoms. The maximum atomic E-state index is 13.0. The summed E-state index contributed by atoms with van der Waals surface area (Å²) in [6, 6.07) is 19.7. The number of phenols is 1. The van der Waals surface area contributed by atoms with Crippen LogP contribution in [0.15, 0.2) is 79.1 Å². The van der Waals surface area contributed by atoms with Gasteiger partial charge in [0.25, 0.3) is 0 Å². The maximum absolute atomic E-state index is 13.0. The highest BCUT2D eigenvalue weighted by molar-refractivity contribution is 5.85. The minimum absolute atomic E-state index is 0.204. The molecule has 0 spiro atoms. The Morgan fingerprint density at radius 3 is 2.34 bits per heavy atom. The van der Waals surface area contributed by atoms with E-state index in [1.807, 2.05) is 48.0 Å². The molecule has 3 aromatic heterocycles. The number of fused-ring (bicyclic) bond motifs is 2. The van der Waals surface area contributed by atoms with Crippen LogP contribution in [0, 0.1) is 0 Å². The minimum Gasteiger partial charge on any atom is -0.508 e. The van der Waals surface area contributed by atoms with Gasteiger partial charge in [-0.3, -0.25) is 5.32 Å². The second kappa shape index (κ2) is 10.5. The number of imidazole rings is 2. The zero-order chi connectivity index (χ0) is 28.6. The number of aryl methyl sites for hydroxylation is 1. The summed E-state index contributed by atoms with van der Waals surface area (Å²) in [4.78, 5) is 18.6. The first-order valence-corrected chi connectivity index (χ1v) is 12.8. The normalized spacial score (nSPS) is 11.8. The molecule has 0 aliphatic carbocycles. The van der Waals surface area contributed by atoms with E-state index in [1.165, 1.54) is 12.1 Å². The number of hydrogen-bond acceptors (Lipinski definition) is 7. The Morgan fingerprint density at radius 2 is 1.61 bits per heavy atom. The number of anilines is 3. The topological polar surface area (TPSA) is 106 Å². The second-order valence-electron chi connectivity index (χ2n) is 9.59. The largest absolute Gasteiger partial charge is 0.508 e. The lowest BCUT2D eigenvalue weighted by molar-refractivity contribution is -0.137. The molecule has 0 saturated heterocycles. The van der Waals surface area contributed by atoms with Crippen LogP contribution in [0.25, 0.3) is 22.2 Å². The predicted molar refractivity (Wildman–Crippen MR) is 150 cm³/mol. The predicted octanol–water partition coefficient (Wildman–Crippen LogP) is 5.88. The molecule has 6 aromatic rings. The first-order chi connectivity index (χ1) is 19.7. The first-order valence-electron chi connectivity index (χ1n) is 12.8. The number of rotatable bonds is 8. The zero-order valence-electron chi connectivity index (χ0n) is 21.9. The minimum atomic E-state index is -4.40. The van der Waals surface area contributed by atoms with E-state index in [4.69, 9.17) is 4.98 Å². The lowest BCUT2D eigenvalue weighted by Crippen LogP contribution is -2.11. The number of benzene rings is 3. The number of hydrogen-bond donors (Lipinski definition) is 3. The molecule has 0 saturated carbocycles. The summed E-state index contributed by atoms with van der Waals surface area (Å²) < 4.78 is 42.8. The van der Waals surface area contributed by atoms with Gasteiger partial charge in [0.15, 0.2) is 17.0 Å². The van der Waals surface area contributed by atoms with Gasteiger partial charge in [0.05, 0.1) is 29.5 Å². The molecular weight excluding hydrogens is 533 g/mol. The fraction of sp³-hybridized carbons (Fsp3) is 0.172. The number of nitrogens with zero attached hydrogens (tertiary/aromatic N) is 6. The Bertz CT molecular complexity index is 1830. The van der Waals surface area contributed by atoms with Gasteiger partial charge in [-0.25, -0.2) is 9.97 Å². The van der Waals surface area contributed by atoms with Crippen molar-refractivity contribution in [3.05, 3.63) is 95.8 Å². The number of alkyl halides is 3. The van der Waals surface area contributed by atoms with Crippen molar-refractivity contribution in [2.24, 2.45) is 7.05 Å². The smallest absolute Gasteiger partial charge is 0.416 e. The quantitative estimate of drug-likeness (QED) is 0.214. The fourth-order valence-corrected chi connectivity index (χ4v) is 4.58. The summed E-state index contributed by atoms with van der Waals surface area (Å²) in [7, 11) is 1.89. The molecule has 6 rings (SSSR count). The van der Waals surface area contributed by atoms with E-state index < -0.39 is 11.7 Å². The molecule has 41 heavy (non-hydrogen) atoms. The van der Waals surface area contributed by atoms with E-state index in [2.05, 4.69) is 25.6 Å². The van der Waals surface area contributed by atoms with Crippen LogP contribution < -0.4 is 10.6 Å². The molecule has 0 aliphatic rings. The van der Waals surface area contributed by atoms with Gasteiger partial charge < -0.3 is 19.6 Å². The molecule has 9 nitrogen and oxygen atoms in total. The van der Waals surface area contributed by atoms with Crippen LogP contribution in [-0.2, 0) is 26.2 Å². The number of nitrogens with one attached hydrogen (secondary N) is 2. The Balaban J connectivity index is 1.33. The van der Waals surface area contributed by atoms with Crippen LogP contribution in [0.2, 0.25) is 0 Å². The summed E-state index contributed by atoms with van der Waals surface area (Å²) >= 11 is 0. The summed E-state index contributed by atoms with van der Waals surface area (Å²) in [5, 5.41) is 16.1. The molecule has 0 aliphatic heterocycles. The van der Waals surface area contributed by atoms with Crippen LogP contribution in [0.1, 0.15) is 16.7 Å². The van der Waals surface area contributed by atoms with Crippen molar-refractivity contribution in [1.82, 2.24) is 29.1 Å². The summed E-state index contributed by atoms with van der Waals surface area (Å²) in [6.45, 7) is 0.804. The highest BCUT2D eigenvalue weighted by Crippen LogP contribution is 2.30. The van der Waals surface area contributed by atoms with Gasteiger partial charge in [-0.1, -0.05) is 36.4 Å². The van der Waals surface area contributed by atoms with Crippen molar-refractivity contribution in [3.8, 4) is 5.75 Å². The van der Waals surface area contributed by atoms with Crippen molar-refractivity contribution in [1.29, 1.82) is 0 Å². The standard InChI is InChI=1S/C29H25F3N8O/c1-39-23-5-3-2-4-22(23)35-28(39)38-27-36-25(33-15-14-18-8-12-21(41)13-9-18)24-26(37-27)40(17-34-24)16-19-6-10-20(11-7-19)29(30,31)32/h2-13,17,41H,14-16H2,1H3,(H2,33,35,36,37,38). The maximum Gasteiger partial charge on any atom is 0.416 e. The van der Waals surface area contributed by atoms with Gasteiger partial charge in [-0.2, -0.15) is 23.1 Å². The Labute approximate surface area is 232 Å². The number of halogens is 3. The van der Waals surface area contributed by atoms with E-state index in [-0.39, 0.29) is 18.2 Å².